The van der Waals surface area contributed by atoms with E-state index in [9.17, 15) is 4.79 Å². The predicted molar refractivity (Wildman–Crippen MR) is 110 cm³/mol. The topological polar surface area (TPSA) is 73.3 Å². The van der Waals surface area contributed by atoms with Crippen LogP contribution in [-0.2, 0) is 4.79 Å². The molecule has 0 spiro atoms. The maximum Gasteiger partial charge on any atom is 0.255 e. The highest BCUT2D eigenvalue weighted by Crippen LogP contribution is 2.37. The highest BCUT2D eigenvalue weighted by atomic mass is 32.2. The third-order valence-corrected chi connectivity index (χ3v) is 5.83. The first-order chi connectivity index (χ1) is 13.7. The van der Waals surface area contributed by atoms with Crippen LogP contribution in [0.3, 0.4) is 0 Å². The third-order valence-electron chi connectivity index (χ3n) is 3.98. The van der Waals surface area contributed by atoms with E-state index in [2.05, 4.69) is 15.5 Å². The fraction of sp³-hybridized carbons (Fsp3) is 0.150. The molecule has 6 nitrogen and oxygen atoms in total. The van der Waals surface area contributed by atoms with Gasteiger partial charge < -0.3 is 14.8 Å². The maximum atomic E-state index is 12.8. The van der Waals surface area contributed by atoms with Crippen molar-refractivity contribution in [2.75, 3.05) is 18.5 Å². The summed E-state index contributed by atoms with van der Waals surface area (Å²) in [5, 5.41) is 10.9. The molecule has 0 saturated heterocycles. The Morgan fingerprint density at radius 3 is 3.00 bits per heavy atom. The van der Waals surface area contributed by atoms with Crippen molar-refractivity contribution in [3.05, 3.63) is 59.1 Å². The molecule has 2 heterocycles. The van der Waals surface area contributed by atoms with E-state index < -0.39 is 0 Å². The molecule has 0 unspecified atom stereocenters. The van der Waals surface area contributed by atoms with Gasteiger partial charge >= 0.3 is 0 Å². The van der Waals surface area contributed by atoms with Crippen LogP contribution in [-0.4, -0.2) is 29.3 Å². The van der Waals surface area contributed by atoms with E-state index in [-0.39, 0.29) is 12.5 Å². The highest BCUT2D eigenvalue weighted by Gasteiger charge is 2.21. The van der Waals surface area contributed by atoms with Gasteiger partial charge in [-0.15, -0.1) is 10.2 Å². The Balaban J connectivity index is 1.54. The fourth-order valence-electron chi connectivity index (χ4n) is 2.74. The minimum Gasteiger partial charge on any atom is -0.490 e. The van der Waals surface area contributed by atoms with E-state index >= 15 is 0 Å². The van der Waals surface area contributed by atoms with Gasteiger partial charge in [0.25, 0.3) is 5.91 Å². The van der Waals surface area contributed by atoms with E-state index in [0.717, 1.165) is 20.5 Å². The molecule has 1 amide bonds. The van der Waals surface area contributed by atoms with Crippen LogP contribution in [0.2, 0.25) is 0 Å². The second kappa shape index (κ2) is 8.45. The predicted octanol–water partition coefficient (Wildman–Crippen LogP) is 4.50. The molecule has 1 aromatic heterocycles. The largest absolute Gasteiger partial charge is 0.490 e. The summed E-state index contributed by atoms with van der Waals surface area (Å²) >= 11 is 2.92. The van der Waals surface area contributed by atoms with E-state index in [1.54, 1.807) is 5.51 Å². The highest BCUT2D eigenvalue weighted by molar-refractivity contribution is 8.01. The zero-order valence-corrected chi connectivity index (χ0v) is 16.7. The van der Waals surface area contributed by atoms with Gasteiger partial charge in [-0.25, -0.2) is 0 Å². The number of hydrogen-bond donors (Lipinski definition) is 1. The van der Waals surface area contributed by atoms with Crippen LogP contribution >= 0.6 is 23.1 Å². The van der Waals surface area contributed by atoms with Gasteiger partial charge in [0.1, 0.15) is 12.1 Å². The van der Waals surface area contributed by atoms with Crippen molar-refractivity contribution < 1.29 is 14.3 Å². The van der Waals surface area contributed by atoms with Gasteiger partial charge in [-0.1, -0.05) is 47.4 Å². The molecule has 4 rings (SSSR count). The number of benzene rings is 2. The number of fused-ring (bicyclic) bond motifs is 1. The van der Waals surface area contributed by atoms with E-state index in [1.807, 2.05) is 55.5 Å². The average Bonchev–Trinajstić information content (AvgIpc) is 3.22. The van der Waals surface area contributed by atoms with Crippen molar-refractivity contribution in [1.29, 1.82) is 0 Å². The van der Waals surface area contributed by atoms with Crippen LogP contribution in [0.1, 0.15) is 12.5 Å². The molecule has 0 atom stereocenters. The Morgan fingerprint density at radius 1 is 1.29 bits per heavy atom. The molecule has 1 aliphatic heterocycles. The van der Waals surface area contributed by atoms with Crippen molar-refractivity contribution >= 4 is 40.8 Å². The number of amides is 1. The van der Waals surface area contributed by atoms with Gasteiger partial charge in [0.2, 0.25) is 0 Å². The van der Waals surface area contributed by atoms with Gasteiger partial charge in [-0.2, -0.15) is 0 Å². The molecule has 1 N–H and O–H groups in total. The summed E-state index contributed by atoms with van der Waals surface area (Å²) < 4.78 is 12.2. The second-order valence-electron chi connectivity index (χ2n) is 5.82. The van der Waals surface area contributed by atoms with Crippen molar-refractivity contribution in [3.63, 3.8) is 0 Å². The molecule has 3 aromatic rings. The van der Waals surface area contributed by atoms with Gasteiger partial charge in [0.05, 0.1) is 17.9 Å². The lowest BCUT2D eigenvalue weighted by Crippen LogP contribution is -2.21. The Kier molecular flexibility index (Phi) is 5.59. The SMILES string of the molecule is CCOc1cccc2c1OCC(C(=O)Nc1ccccc1Sc1nncs1)=C2. The van der Waals surface area contributed by atoms with Gasteiger partial charge in [-0.3, -0.25) is 4.79 Å². The molecule has 28 heavy (non-hydrogen) atoms. The van der Waals surface area contributed by atoms with Crippen LogP contribution < -0.4 is 14.8 Å². The van der Waals surface area contributed by atoms with Crippen molar-refractivity contribution in [2.24, 2.45) is 0 Å². The monoisotopic (exact) mass is 411 g/mol. The number of hydrogen-bond acceptors (Lipinski definition) is 7. The normalized spacial score (nSPS) is 12.5. The molecule has 142 valence electrons. The minimum absolute atomic E-state index is 0.189. The first kappa shape index (κ1) is 18.5. The Hall–Kier alpha value is -2.84. The van der Waals surface area contributed by atoms with Crippen molar-refractivity contribution in [3.8, 4) is 11.5 Å². The van der Waals surface area contributed by atoms with Crippen LogP contribution in [0.25, 0.3) is 6.08 Å². The van der Waals surface area contributed by atoms with Crippen LogP contribution in [0, 0.1) is 0 Å². The fourth-order valence-corrected chi connectivity index (χ4v) is 4.26. The van der Waals surface area contributed by atoms with Gasteiger partial charge in [-0.05, 0) is 31.2 Å². The number of para-hydroxylation sites is 2. The summed E-state index contributed by atoms with van der Waals surface area (Å²) in [5.74, 6) is 1.17. The van der Waals surface area contributed by atoms with E-state index in [0.29, 0.717) is 23.7 Å². The Bertz CT molecular complexity index is 1020. The Labute approximate surface area is 170 Å². The summed E-state index contributed by atoms with van der Waals surface area (Å²) in [6, 6.07) is 13.3. The summed E-state index contributed by atoms with van der Waals surface area (Å²) in [5.41, 5.74) is 3.79. The zero-order valence-electron chi connectivity index (χ0n) is 15.0. The summed E-state index contributed by atoms with van der Waals surface area (Å²) in [7, 11) is 0. The number of carbonyl (C=O) groups excluding carboxylic acids is 1. The molecule has 0 fully saturated rings. The lowest BCUT2D eigenvalue weighted by atomic mass is 10.1. The number of anilines is 1. The summed E-state index contributed by atoms with van der Waals surface area (Å²) in [6.45, 7) is 2.67. The quantitative estimate of drug-likeness (QED) is 0.644. The van der Waals surface area contributed by atoms with Gasteiger partial charge in [0.15, 0.2) is 15.8 Å². The summed E-state index contributed by atoms with van der Waals surface area (Å²) in [6.07, 6.45) is 1.84. The molecular formula is C20H17N3O3S2. The maximum absolute atomic E-state index is 12.8. The van der Waals surface area contributed by atoms with Crippen LogP contribution in [0.5, 0.6) is 11.5 Å². The average molecular weight is 412 g/mol. The van der Waals surface area contributed by atoms with Crippen molar-refractivity contribution in [1.82, 2.24) is 10.2 Å². The number of aromatic nitrogens is 2. The minimum atomic E-state index is -0.197. The molecule has 8 heteroatoms. The lowest BCUT2D eigenvalue weighted by Gasteiger charge is -2.20. The molecule has 2 aromatic carbocycles. The van der Waals surface area contributed by atoms with E-state index in [1.165, 1.54) is 23.1 Å². The lowest BCUT2D eigenvalue weighted by molar-refractivity contribution is -0.113. The Morgan fingerprint density at radius 2 is 2.18 bits per heavy atom. The van der Waals surface area contributed by atoms with E-state index in [4.69, 9.17) is 9.47 Å². The number of ether oxygens (including phenoxy) is 2. The summed E-state index contributed by atoms with van der Waals surface area (Å²) in [4.78, 5) is 13.7. The van der Waals surface area contributed by atoms with Crippen molar-refractivity contribution in [2.45, 2.75) is 16.2 Å². The number of nitrogens with one attached hydrogen (secondary N) is 1. The second-order valence-corrected chi connectivity index (χ2v) is 7.95. The molecule has 0 aliphatic carbocycles. The number of nitrogens with zero attached hydrogens (tertiary/aromatic N) is 2. The first-order valence-electron chi connectivity index (χ1n) is 8.68. The van der Waals surface area contributed by atoms with Gasteiger partial charge in [0, 0.05) is 10.5 Å². The third kappa shape index (κ3) is 4.02. The molecular weight excluding hydrogens is 394 g/mol. The molecule has 0 radical (unpaired) electrons. The smallest absolute Gasteiger partial charge is 0.255 e. The standard InChI is InChI=1S/C20H17N3O3S2/c1-2-25-16-8-5-6-13-10-14(11-26-18(13)16)19(24)22-15-7-3-4-9-17(15)28-20-23-21-12-27-20/h3-10,12H,2,11H2,1H3,(H,22,24). The number of carbonyl (C=O) groups is 1. The zero-order chi connectivity index (χ0) is 19.3. The first-order valence-corrected chi connectivity index (χ1v) is 10.4. The molecule has 0 bridgehead atoms. The molecule has 0 saturated carbocycles. The number of rotatable bonds is 6. The molecule has 1 aliphatic rings. The van der Waals surface area contributed by atoms with Crippen LogP contribution in [0.15, 0.2) is 62.8 Å². The van der Waals surface area contributed by atoms with Crippen LogP contribution in [0.4, 0.5) is 5.69 Å².